The minimum Gasteiger partial charge on any atom is -0.481 e. The van der Waals surface area contributed by atoms with E-state index in [1.54, 1.807) is 0 Å². The van der Waals surface area contributed by atoms with Crippen LogP contribution in [0, 0.1) is 5.92 Å². The van der Waals surface area contributed by atoms with Gasteiger partial charge >= 0.3 is 5.97 Å². The molecule has 1 aliphatic heterocycles. The first-order valence-corrected chi connectivity index (χ1v) is 7.11. The van der Waals surface area contributed by atoms with Crippen molar-refractivity contribution >= 4 is 33.5 Å². The van der Waals surface area contributed by atoms with Crippen LogP contribution in [0.5, 0.6) is 0 Å². The van der Waals surface area contributed by atoms with Crippen molar-refractivity contribution in [2.75, 3.05) is 20.3 Å². The fourth-order valence-corrected chi connectivity index (χ4v) is 2.71. The van der Waals surface area contributed by atoms with E-state index in [0.29, 0.717) is 18.2 Å². The van der Waals surface area contributed by atoms with Crippen molar-refractivity contribution < 1.29 is 14.6 Å². The summed E-state index contributed by atoms with van der Waals surface area (Å²) in [6.45, 7) is 1.38. The number of nitrogens with zero attached hydrogens (tertiary/aromatic N) is 1. The highest BCUT2D eigenvalue weighted by molar-refractivity contribution is 9.10. The smallest absolute Gasteiger partial charge is 0.310 e. The number of aliphatic carboxylic acids is 1. The Morgan fingerprint density at radius 3 is 2.95 bits per heavy atom. The van der Waals surface area contributed by atoms with Gasteiger partial charge < -0.3 is 9.84 Å². The molecule has 104 valence electrons. The molecular weight excluding hydrogens is 334 g/mol. The SMILES string of the molecule is CN(Cc1ccc(Br)c(Cl)c1)C1COCC1C(=O)O. The fourth-order valence-electron chi connectivity index (χ4n) is 2.26. The first-order chi connectivity index (χ1) is 8.99. The Morgan fingerprint density at radius 1 is 1.58 bits per heavy atom. The zero-order valence-corrected chi connectivity index (χ0v) is 12.8. The molecule has 0 aliphatic carbocycles. The number of carbonyl (C=O) groups is 1. The molecule has 1 aromatic rings. The second-order valence-corrected chi connectivity index (χ2v) is 5.97. The molecule has 0 spiro atoms. The molecule has 1 N–H and O–H groups in total. The van der Waals surface area contributed by atoms with Crippen LogP contribution in [0.2, 0.25) is 5.02 Å². The van der Waals surface area contributed by atoms with Crippen LogP contribution in [0.15, 0.2) is 22.7 Å². The predicted molar refractivity (Wildman–Crippen MR) is 76.4 cm³/mol. The summed E-state index contributed by atoms with van der Waals surface area (Å²) in [6, 6.07) is 5.65. The molecule has 0 aromatic heterocycles. The summed E-state index contributed by atoms with van der Waals surface area (Å²) in [4.78, 5) is 13.1. The number of hydrogen-bond acceptors (Lipinski definition) is 3. The number of rotatable bonds is 4. The van der Waals surface area contributed by atoms with E-state index >= 15 is 0 Å². The van der Waals surface area contributed by atoms with Crippen LogP contribution in [-0.4, -0.2) is 42.3 Å². The molecular formula is C13H15BrClNO3. The number of carboxylic acids is 1. The number of benzene rings is 1. The molecule has 6 heteroatoms. The van der Waals surface area contributed by atoms with Crippen LogP contribution in [0.4, 0.5) is 0 Å². The molecule has 19 heavy (non-hydrogen) atoms. The van der Waals surface area contributed by atoms with Crippen LogP contribution >= 0.6 is 27.5 Å². The first-order valence-electron chi connectivity index (χ1n) is 5.93. The number of carboxylic acid groups (broad SMARTS) is 1. The standard InChI is InChI=1S/C13H15BrClNO3/c1-16(12-7-19-6-9(12)13(17)18)5-8-2-3-10(14)11(15)4-8/h2-4,9,12H,5-7H2,1H3,(H,17,18). The van der Waals surface area contributed by atoms with Gasteiger partial charge in [-0.25, -0.2) is 0 Å². The molecule has 1 fully saturated rings. The lowest BCUT2D eigenvalue weighted by atomic mass is 10.0. The van der Waals surface area contributed by atoms with Gasteiger partial charge in [0.05, 0.1) is 24.2 Å². The first kappa shape index (κ1) is 14.8. The molecule has 2 rings (SSSR count). The van der Waals surface area contributed by atoms with Crippen LogP contribution in [0.1, 0.15) is 5.56 Å². The lowest BCUT2D eigenvalue weighted by molar-refractivity contribution is -0.143. The Hall–Kier alpha value is -0.620. The van der Waals surface area contributed by atoms with E-state index in [1.165, 1.54) is 0 Å². The van der Waals surface area contributed by atoms with Gasteiger partial charge in [0, 0.05) is 17.1 Å². The monoisotopic (exact) mass is 347 g/mol. The highest BCUT2D eigenvalue weighted by Crippen LogP contribution is 2.25. The van der Waals surface area contributed by atoms with E-state index in [2.05, 4.69) is 15.9 Å². The number of hydrogen-bond donors (Lipinski definition) is 1. The summed E-state index contributed by atoms with van der Waals surface area (Å²) in [5, 5.41) is 9.80. The Balaban J connectivity index is 2.05. The maximum absolute atomic E-state index is 11.1. The Bertz CT molecular complexity index is 483. The summed E-state index contributed by atoms with van der Waals surface area (Å²) < 4.78 is 6.13. The van der Waals surface area contributed by atoms with Gasteiger partial charge in [-0.3, -0.25) is 9.69 Å². The molecule has 1 saturated heterocycles. The molecule has 1 aromatic carbocycles. The van der Waals surface area contributed by atoms with Crippen molar-refractivity contribution in [1.82, 2.24) is 4.90 Å². The third-order valence-electron chi connectivity index (χ3n) is 3.35. The zero-order valence-electron chi connectivity index (χ0n) is 10.5. The van der Waals surface area contributed by atoms with Gasteiger partial charge in [-0.2, -0.15) is 0 Å². The molecule has 2 atom stereocenters. The van der Waals surface area contributed by atoms with Gasteiger partial charge in [-0.05, 0) is 40.7 Å². The van der Waals surface area contributed by atoms with Crippen LogP contribution < -0.4 is 0 Å². The third-order valence-corrected chi connectivity index (χ3v) is 4.58. The molecule has 1 heterocycles. The van der Waals surface area contributed by atoms with E-state index in [4.69, 9.17) is 21.4 Å². The molecule has 0 bridgehead atoms. The Labute approximate surface area is 125 Å². The van der Waals surface area contributed by atoms with Gasteiger partial charge in [0.1, 0.15) is 0 Å². The molecule has 4 nitrogen and oxygen atoms in total. The lowest BCUT2D eigenvalue weighted by Gasteiger charge is -2.26. The van der Waals surface area contributed by atoms with Gasteiger partial charge in [0.15, 0.2) is 0 Å². The van der Waals surface area contributed by atoms with Crippen molar-refractivity contribution in [3.8, 4) is 0 Å². The summed E-state index contributed by atoms with van der Waals surface area (Å²) in [7, 11) is 1.91. The van der Waals surface area contributed by atoms with Gasteiger partial charge in [-0.1, -0.05) is 17.7 Å². The van der Waals surface area contributed by atoms with Crippen LogP contribution in [-0.2, 0) is 16.1 Å². The fraction of sp³-hybridized carbons (Fsp3) is 0.462. The summed E-state index contributed by atoms with van der Waals surface area (Å²) >= 11 is 9.40. The van der Waals surface area contributed by atoms with Gasteiger partial charge in [0.2, 0.25) is 0 Å². The minimum atomic E-state index is -0.803. The van der Waals surface area contributed by atoms with Gasteiger partial charge in [-0.15, -0.1) is 0 Å². The average molecular weight is 349 g/mol. The molecule has 0 saturated carbocycles. The van der Waals surface area contributed by atoms with E-state index in [1.807, 2.05) is 30.1 Å². The molecule has 1 aliphatic rings. The highest BCUT2D eigenvalue weighted by atomic mass is 79.9. The summed E-state index contributed by atoms with van der Waals surface area (Å²) in [5.74, 6) is -1.26. The Morgan fingerprint density at radius 2 is 2.32 bits per heavy atom. The second-order valence-electron chi connectivity index (χ2n) is 4.71. The number of likely N-dealkylation sites (N-methyl/N-ethyl adjacent to an activating group) is 1. The van der Waals surface area contributed by atoms with Crippen molar-refractivity contribution in [2.24, 2.45) is 5.92 Å². The van der Waals surface area contributed by atoms with E-state index in [0.717, 1.165) is 10.0 Å². The second kappa shape index (κ2) is 6.22. The molecule has 0 radical (unpaired) electrons. The maximum Gasteiger partial charge on any atom is 0.310 e. The Kier molecular flexibility index (Phi) is 4.84. The molecule has 0 amide bonds. The van der Waals surface area contributed by atoms with Crippen molar-refractivity contribution in [2.45, 2.75) is 12.6 Å². The quantitative estimate of drug-likeness (QED) is 0.909. The van der Waals surface area contributed by atoms with Crippen molar-refractivity contribution in [1.29, 1.82) is 0 Å². The van der Waals surface area contributed by atoms with Gasteiger partial charge in [0.25, 0.3) is 0 Å². The van der Waals surface area contributed by atoms with Crippen molar-refractivity contribution in [3.63, 3.8) is 0 Å². The zero-order chi connectivity index (χ0) is 14.0. The largest absolute Gasteiger partial charge is 0.481 e. The van der Waals surface area contributed by atoms with E-state index in [9.17, 15) is 4.79 Å². The number of ether oxygens (including phenoxy) is 1. The predicted octanol–water partition coefficient (Wildman–Crippen LogP) is 2.63. The van der Waals surface area contributed by atoms with E-state index < -0.39 is 11.9 Å². The normalized spacial score (nSPS) is 22.9. The third kappa shape index (κ3) is 3.48. The van der Waals surface area contributed by atoms with Crippen LogP contribution in [0.3, 0.4) is 0 Å². The highest BCUT2D eigenvalue weighted by Gasteiger charge is 2.36. The molecule has 2 unspecified atom stereocenters. The minimum absolute atomic E-state index is 0.0973. The summed E-state index contributed by atoms with van der Waals surface area (Å²) in [5.41, 5.74) is 1.05. The average Bonchev–Trinajstić information content (AvgIpc) is 2.83. The topological polar surface area (TPSA) is 49.8 Å². The van der Waals surface area contributed by atoms with E-state index in [-0.39, 0.29) is 12.6 Å². The number of halogens is 2. The van der Waals surface area contributed by atoms with Crippen molar-refractivity contribution in [3.05, 3.63) is 33.3 Å². The lowest BCUT2D eigenvalue weighted by Crippen LogP contribution is -2.40. The maximum atomic E-state index is 11.1. The van der Waals surface area contributed by atoms with Crippen LogP contribution in [0.25, 0.3) is 0 Å². The summed E-state index contributed by atoms with van der Waals surface area (Å²) in [6.07, 6.45) is 0.